The summed E-state index contributed by atoms with van der Waals surface area (Å²) in [6.07, 6.45) is 3.55. The van der Waals surface area contributed by atoms with E-state index in [1.165, 1.54) is 6.42 Å². The van der Waals surface area contributed by atoms with E-state index in [2.05, 4.69) is 15.5 Å². The van der Waals surface area contributed by atoms with Crippen LogP contribution in [0.1, 0.15) is 40.7 Å². The molecule has 0 atom stereocenters. The Bertz CT molecular complexity index is 863. The predicted octanol–water partition coefficient (Wildman–Crippen LogP) is 5.07. The summed E-state index contributed by atoms with van der Waals surface area (Å²) in [6.45, 7) is 5.95. The molecule has 0 saturated carbocycles. The standard InChI is InChI=1S/C21H24ClN3OS/c1-14-9-10-16(13-15(14)2)20(26)24-21(27)23-18-8-6-7-17(22)19(18)25-11-4-3-5-12-25/h6-10,13H,3-5,11-12H2,1-2H3,(H2,23,24,26,27). The van der Waals surface area contributed by atoms with Crippen molar-refractivity contribution in [2.75, 3.05) is 23.3 Å². The first-order chi connectivity index (χ1) is 13.0. The van der Waals surface area contributed by atoms with Crippen LogP contribution in [-0.2, 0) is 0 Å². The minimum Gasteiger partial charge on any atom is -0.369 e. The Morgan fingerprint density at radius 3 is 2.52 bits per heavy atom. The fourth-order valence-electron chi connectivity index (χ4n) is 3.27. The third-order valence-corrected chi connectivity index (χ3v) is 5.41. The predicted molar refractivity (Wildman–Crippen MR) is 117 cm³/mol. The lowest BCUT2D eigenvalue weighted by atomic mass is 10.1. The van der Waals surface area contributed by atoms with Crippen LogP contribution < -0.4 is 15.5 Å². The van der Waals surface area contributed by atoms with Crippen LogP contribution in [0.15, 0.2) is 36.4 Å². The van der Waals surface area contributed by atoms with Crippen molar-refractivity contribution >= 4 is 46.2 Å². The summed E-state index contributed by atoms with van der Waals surface area (Å²) >= 11 is 11.8. The summed E-state index contributed by atoms with van der Waals surface area (Å²) in [7, 11) is 0. The second kappa shape index (κ2) is 8.72. The smallest absolute Gasteiger partial charge is 0.257 e. The minimum absolute atomic E-state index is 0.225. The highest BCUT2D eigenvalue weighted by molar-refractivity contribution is 7.80. The van der Waals surface area contributed by atoms with E-state index in [9.17, 15) is 4.79 Å². The van der Waals surface area contributed by atoms with E-state index in [0.29, 0.717) is 10.6 Å². The number of carbonyl (C=O) groups excluding carboxylic acids is 1. The summed E-state index contributed by atoms with van der Waals surface area (Å²) in [5, 5.41) is 6.86. The molecule has 1 aliphatic rings. The third-order valence-electron chi connectivity index (χ3n) is 4.90. The molecule has 1 heterocycles. The van der Waals surface area contributed by atoms with Crippen molar-refractivity contribution in [1.82, 2.24) is 5.32 Å². The number of hydrogen-bond acceptors (Lipinski definition) is 3. The van der Waals surface area contributed by atoms with Gasteiger partial charge >= 0.3 is 0 Å². The Labute approximate surface area is 170 Å². The Balaban J connectivity index is 1.73. The monoisotopic (exact) mass is 401 g/mol. The maximum Gasteiger partial charge on any atom is 0.257 e. The SMILES string of the molecule is Cc1ccc(C(=O)NC(=S)Nc2cccc(Cl)c2N2CCCCC2)cc1C. The molecule has 0 radical (unpaired) electrons. The second-order valence-electron chi connectivity index (χ2n) is 6.89. The number of thiocarbonyl (C=S) groups is 1. The molecule has 3 rings (SSSR count). The van der Waals surface area contributed by atoms with Gasteiger partial charge in [-0.3, -0.25) is 10.1 Å². The van der Waals surface area contributed by atoms with Crippen LogP contribution in [0.5, 0.6) is 0 Å². The van der Waals surface area contributed by atoms with E-state index in [1.54, 1.807) is 6.07 Å². The summed E-state index contributed by atoms with van der Waals surface area (Å²) in [5.74, 6) is -0.225. The van der Waals surface area contributed by atoms with E-state index in [4.69, 9.17) is 23.8 Å². The number of carbonyl (C=O) groups is 1. The molecule has 0 bridgehead atoms. The number of piperidine rings is 1. The van der Waals surface area contributed by atoms with Gasteiger partial charge in [0, 0.05) is 18.7 Å². The fourth-order valence-corrected chi connectivity index (χ4v) is 3.76. The highest BCUT2D eigenvalue weighted by atomic mass is 35.5. The molecule has 0 aliphatic carbocycles. The van der Waals surface area contributed by atoms with Gasteiger partial charge in [0.25, 0.3) is 5.91 Å². The van der Waals surface area contributed by atoms with Gasteiger partial charge in [-0.05, 0) is 80.7 Å². The zero-order chi connectivity index (χ0) is 19.4. The molecule has 142 valence electrons. The number of rotatable bonds is 3. The molecule has 2 N–H and O–H groups in total. The fraction of sp³-hybridized carbons (Fsp3) is 0.333. The normalized spacial score (nSPS) is 14.0. The van der Waals surface area contributed by atoms with Gasteiger partial charge in [0.2, 0.25) is 0 Å². The van der Waals surface area contributed by atoms with Crippen molar-refractivity contribution in [3.8, 4) is 0 Å². The van der Waals surface area contributed by atoms with E-state index < -0.39 is 0 Å². The number of hydrogen-bond donors (Lipinski definition) is 2. The maximum atomic E-state index is 12.5. The van der Waals surface area contributed by atoms with Gasteiger partial charge in [-0.2, -0.15) is 0 Å². The second-order valence-corrected chi connectivity index (χ2v) is 7.71. The van der Waals surface area contributed by atoms with Crippen molar-refractivity contribution in [2.24, 2.45) is 0 Å². The molecule has 0 aromatic heterocycles. The summed E-state index contributed by atoms with van der Waals surface area (Å²) < 4.78 is 0. The van der Waals surface area contributed by atoms with Gasteiger partial charge < -0.3 is 10.2 Å². The largest absolute Gasteiger partial charge is 0.369 e. The Morgan fingerprint density at radius 2 is 1.81 bits per heavy atom. The Hall–Kier alpha value is -2.11. The lowest BCUT2D eigenvalue weighted by Crippen LogP contribution is -2.35. The first kappa shape index (κ1) is 19.6. The van der Waals surface area contributed by atoms with Crippen molar-refractivity contribution in [2.45, 2.75) is 33.1 Å². The van der Waals surface area contributed by atoms with Crippen LogP contribution in [0.25, 0.3) is 0 Å². The first-order valence-corrected chi connectivity index (χ1v) is 9.97. The van der Waals surface area contributed by atoms with Crippen molar-refractivity contribution in [3.05, 3.63) is 58.1 Å². The van der Waals surface area contributed by atoms with Gasteiger partial charge in [0.1, 0.15) is 0 Å². The Kier molecular flexibility index (Phi) is 6.34. The zero-order valence-electron chi connectivity index (χ0n) is 15.6. The average molecular weight is 402 g/mol. The zero-order valence-corrected chi connectivity index (χ0v) is 17.2. The number of para-hydroxylation sites is 1. The van der Waals surface area contributed by atoms with Crippen molar-refractivity contribution in [1.29, 1.82) is 0 Å². The molecule has 4 nitrogen and oxygen atoms in total. The molecule has 1 fully saturated rings. The Morgan fingerprint density at radius 1 is 1.07 bits per heavy atom. The number of amides is 1. The van der Waals surface area contributed by atoms with Gasteiger partial charge in [-0.1, -0.05) is 23.7 Å². The number of nitrogens with zero attached hydrogens (tertiary/aromatic N) is 1. The number of nitrogens with one attached hydrogen (secondary N) is 2. The summed E-state index contributed by atoms with van der Waals surface area (Å²) in [4.78, 5) is 14.8. The summed E-state index contributed by atoms with van der Waals surface area (Å²) in [6, 6.07) is 11.3. The van der Waals surface area contributed by atoms with Crippen LogP contribution in [0.3, 0.4) is 0 Å². The van der Waals surface area contributed by atoms with E-state index in [0.717, 1.165) is 48.4 Å². The molecule has 1 aliphatic heterocycles. The van der Waals surface area contributed by atoms with Crippen LogP contribution >= 0.6 is 23.8 Å². The molecule has 2 aromatic carbocycles. The van der Waals surface area contributed by atoms with Crippen molar-refractivity contribution in [3.63, 3.8) is 0 Å². The summed E-state index contributed by atoms with van der Waals surface area (Å²) in [5.41, 5.74) is 4.57. The molecule has 0 unspecified atom stereocenters. The van der Waals surface area contributed by atoms with Gasteiger partial charge in [0.15, 0.2) is 5.11 Å². The minimum atomic E-state index is -0.225. The molecule has 1 saturated heterocycles. The number of benzene rings is 2. The number of aryl methyl sites for hydroxylation is 2. The number of anilines is 2. The van der Waals surface area contributed by atoms with Crippen LogP contribution in [0.2, 0.25) is 5.02 Å². The average Bonchev–Trinajstić information content (AvgIpc) is 2.64. The highest BCUT2D eigenvalue weighted by Crippen LogP contribution is 2.35. The van der Waals surface area contributed by atoms with E-state index in [1.807, 2.05) is 44.2 Å². The molecule has 6 heteroatoms. The lowest BCUT2D eigenvalue weighted by Gasteiger charge is -2.31. The van der Waals surface area contributed by atoms with Crippen LogP contribution in [0.4, 0.5) is 11.4 Å². The number of halogens is 1. The van der Waals surface area contributed by atoms with Gasteiger partial charge in [0.05, 0.1) is 16.4 Å². The first-order valence-electron chi connectivity index (χ1n) is 9.19. The van der Waals surface area contributed by atoms with Crippen molar-refractivity contribution < 1.29 is 4.79 Å². The highest BCUT2D eigenvalue weighted by Gasteiger charge is 2.18. The van der Waals surface area contributed by atoms with E-state index >= 15 is 0 Å². The molecule has 0 spiro atoms. The third kappa shape index (κ3) is 4.79. The molecular weight excluding hydrogens is 378 g/mol. The van der Waals surface area contributed by atoms with Gasteiger partial charge in [-0.25, -0.2) is 0 Å². The molecule has 27 heavy (non-hydrogen) atoms. The maximum absolute atomic E-state index is 12.5. The molecular formula is C21H24ClN3OS. The topological polar surface area (TPSA) is 44.4 Å². The lowest BCUT2D eigenvalue weighted by molar-refractivity contribution is 0.0977. The molecule has 1 amide bonds. The van der Waals surface area contributed by atoms with Gasteiger partial charge in [-0.15, -0.1) is 0 Å². The van der Waals surface area contributed by atoms with E-state index in [-0.39, 0.29) is 11.0 Å². The van der Waals surface area contributed by atoms with Crippen LogP contribution in [-0.4, -0.2) is 24.1 Å². The van der Waals surface area contributed by atoms with Crippen LogP contribution in [0, 0.1) is 13.8 Å². The molecule has 2 aromatic rings. The quantitative estimate of drug-likeness (QED) is 0.704.